The van der Waals surface area contributed by atoms with Crippen molar-refractivity contribution in [2.45, 2.75) is 13.3 Å². The molecule has 3 rings (SSSR count). The molecule has 0 aromatic heterocycles. The molecule has 0 bridgehead atoms. The Bertz CT molecular complexity index is 1030. The average molecular weight is 402 g/mol. The van der Waals surface area contributed by atoms with Crippen LogP contribution in [0.25, 0.3) is 0 Å². The lowest BCUT2D eigenvalue weighted by Crippen LogP contribution is -2.21. The number of phenols is 1. The van der Waals surface area contributed by atoms with Crippen LogP contribution in [0.3, 0.4) is 0 Å². The number of para-hydroxylation sites is 1. The van der Waals surface area contributed by atoms with E-state index < -0.39 is 5.91 Å². The minimum Gasteiger partial charge on any atom is -0.508 e. The van der Waals surface area contributed by atoms with Crippen molar-refractivity contribution in [2.75, 3.05) is 10.6 Å². The number of hydrogen-bond donors (Lipinski definition) is 4. The summed E-state index contributed by atoms with van der Waals surface area (Å²) in [4.78, 5) is 24.2. The lowest BCUT2D eigenvalue weighted by Gasteiger charge is -2.09. The Kier molecular flexibility index (Phi) is 6.78. The highest BCUT2D eigenvalue weighted by Crippen LogP contribution is 2.18. The summed E-state index contributed by atoms with van der Waals surface area (Å²) in [5, 5.41) is 19.3. The van der Waals surface area contributed by atoms with Crippen LogP contribution in [0.1, 0.15) is 23.7 Å². The molecule has 0 unspecified atom stereocenters. The van der Waals surface area contributed by atoms with E-state index in [0.29, 0.717) is 17.0 Å². The van der Waals surface area contributed by atoms with Crippen LogP contribution in [-0.4, -0.2) is 22.6 Å². The van der Waals surface area contributed by atoms with Gasteiger partial charge in [0.15, 0.2) is 0 Å². The molecular formula is C23H22N4O3. The van der Waals surface area contributed by atoms with Crippen molar-refractivity contribution < 1.29 is 14.7 Å². The fourth-order valence-corrected chi connectivity index (χ4v) is 2.63. The summed E-state index contributed by atoms with van der Waals surface area (Å²) in [5.74, 6) is -0.582. The third kappa shape index (κ3) is 6.20. The lowest BCUT2D eigenvalue weighted by molar-refractivity contribution is -0.115. The van der Waals surface area contributed by atoms with Gasteiger partial charge in [-0.3, -0.25) is 9.59 Å². The molecule has 7 nitrogen and oxygen atoms in total. The van der Waals surface area contributed by atoms with E-state index in [0.717, 1.165) is 11.4 Å². The van der Waals surface area contributed by atoms with E-state index in [2.05, 4.69) is 21.2 Å². The standard InChI is InChI=1S/C23H22N4O3/c1-16(26-27-23(30)17-7-13-21(28)14-8-17)15-22(29)25-20-11-9-19(10-12-20)24-18-5-3-2-4-6-18/h2-14,24,28H,15H2,1H3,(H,25,29)(H,27,30)/b26-16+. The highest BCUT2D eigenvalue weighted by atomic mass is 16.3. The summed E-state index contributed by atoms with van der Waals surface area (Å²) >= 11 is 0. The third-order valence-electron chi connectivity index (χ3n) is 4.13. The molecular weight excluding hydrogens is 380 g/mol. The van der Waals surface area contributed by atoms with Crippen LogP contribution in [0.5, 0.6) is 5.75 Å². The molecule has 0 heterocycles. The Morgan fingerprint density at radius 2 is 1.43 bits per heavy atom. The number of carbonyl (C=O) groups is 2. The fraction of sp³-hybridized carbons (Fsp3) is 0.0870. The van der Waals surface area contributed by atoms with Crippen molar-refractivity contribution in [3.8, 4) is 5.75 Å². The summed E-state index contributed by atoms with van der Waals surface area (Å²) in [6.45, 7) is 1.66. The van der Waals surface area contributed by atoms with E-state index in [4.69, 9.17) is 0 Å². The van der Waals surface area contributed by atoms with Crippen molar-refractivity contribution in [3.05, 3.63) is 84.4 Å². The van der Waals surface area contributed by atoms with Crippen molar-refractivity contribution in [1.82, 2.24) is 5.43 Å². The number of nitrogens with zero attached hydrogens (tertiary/aromatic N) is 1. The van der Waals surface area contributed by atoms with Crippen molar-refractivity contribution >= 4 is 34.6 Å². The Hall–Kier alpha value is -4.13. The van der Waals surface area contributed by atoms with Gasteiger partial charge in [-0.1, -0.05) is 18.2 Å². The van der Waals surface area contributed by atoms with Crippen molar-refractivity contribution in [1.29, 1.82) is 0 Å². The second-order valence-corrected chi connectivity index (χ2v) is 6.63. The third-order valence-corrected chi connectivity index (χ3v) is 4.13. The maximum atomic E-state index is 12.2. The predicted octanol–water partition coefficient (Wildman–Crippen LogP) is 4.27. The van der Waals surface area contributed by atoms with Gasteiger partial charge in [0.25, 0.3) is 5.91 Å². The molecule has 7 heteroatoms. The number of anilines is 3. The molecule has 0 fully saturated rings. The molecule has 0 aliphatic rings. The normalized spacial score (nSPS) is 10.9. The topological polar surface area (TPSA) is 103 Å². The first kappa shape index (κ1) is 20.6. The molecule has 0 atom stereocenters. The van der Waals surface area contributed by atoms with Gasteiger partial charge in [-0.05, 0) is 67.6 Å². The Morgan fingerprint density at radius 3 is 2.10 bits per heavy atom. The number of phenolic OH excluding ortho intramolecular Hbond substituents is 1. The first-order valence-electron chi connectivity index (χ1n) is 9.34. The lowest BCUT2D eigenvalue weighted by atomic mass is 10.2. The monoisotopic (exact) mass is 402 g/mol. The summed E-state index contributed by atoms with van der Waals surface area (Å²) in [6, 6.07) is 23.0. The first-order valence-corrected chi connectivity index (χ1v) is 9.34. The van der Waals surface area contributed by atoms with Crippen molar-refractivity contribution in [3.63, 3.8) is 0 Å². The number of nitrogens with one attached hydrogen (secondary N) is 3. The van der Waals surface area contributed by atoms with Crippen LogP contribution in [-0.2, 0) is 4.79 Å². The smallest absolute Gasteiger partial charge is 0.271 e. The number of carbonyl (C=O) groups excluding carboxylic acids is 2. The second-order valence-electron chi connectivity index (χ2n) is 6.63. The fourth-order valence-electron chi connectivity index (χ4n) is 2.63. The minimum absolute atomic E-state index is 0.0415. The molecule has 0 saturated heterocycles. The number of aromatic hydroxyl groups is 1. The van der Waals surface area contributed by atoms with Crippen LogP contribution in [0, 0.1) is 0 Å². The molecule has 2 amide bonds. The summed E-state index contributed by atoms with van der Waals surface area (Å²) in [6.07, 6.45) is 0.0415. The zero-order valence-electron chi connectivity index (χ0n) is 16.4. The van der Waals surface area contributed by atoms with Crippen LogP contribution in [0.2, 0.25) is 0 Å². The predicted molar refractivity (Wildman–Crippen MR) is 118 cm³/mol. The van der Waals surface area contributed by atoms with Gasteiger partial charge in [-0.15, -0.1) is 0 Å². The zero-order valence-corrected chi connectivity index (χ0v) is 16.4. The summed E-state index contributed by atoms with van der Waals surface area (Å²) in [5.41, 5.74) is 5.78. The molecule has 3 aromatic carbocycles. The van der Waals surface area contributed by atoms with Gasteiger partial charge >= 0.3 is 0 Å². The van der Waals surface area contributed by atoms with Crippen LogP contribution in [0.4, 0.5) is 17.1 Å². The molecule has 0 spiro atoms. The van der Waals surface area contributed by atoms with Crippen molar-refractivity contribution in [2.24, 2.45) is 5.10 Å². The molecule has 0 saturated carbocycles. The summed E-state index contributed by atoms with van der Waals surface area (Å²) in [7, 11) is 0. The first-order chi connectivity index (χ1) is 14.5. The van der Waals surface area contributed by atoms with Gasteiger partial charge in [-0.2, -0.15) is 5.10 Å². The van der Waals surface area contributed by atoms with E-state index in [-0.39, 0.29) is 18.1 Å². The Balaban J connectivity index is 1.48. The van der Waals surface area contributed by atoms with Crippen LogP contribution >= 0.6 is 0 Å². The van der Waals surface area contributed by atoms with Gasteiger partial charge in [0.1, 0.15) is 5.75 Å². The molecule has 4 N–H and O–H groups in total. The SMILES string of the molecule is C/C(CC(=O)Nc1ccc(Nc2ccccc2)cc1)=N\NC(=O)c1ccc(O)cc1. The van der Waals surface area contributed by atoms with Crippen LogP contribution < -0.4 is 16.1 Å². The quantitative estimate of drug-likeness (QED) is 0.350. The van der Waals surface area contributed by atoms with Gasteiger partial charge in [0, 0.05) is 28.3 Å². The van der Waals surface area contributed by atoms with E-state index >= 15 is 0 Å². The van der Waals surface area contributed by atoms with E-state index in [1.54, 1.807) is 6.92 Å². The van der Waals surface area contributed by atoms with E-state index in [9.17, 15) is 14.7 Å². The number of rotatable bonds is 7. The molecule has 0 radical (unpaired) electrons. The van der Waals surface area contributed by atoms with E-state index in [1.165, 1.54) is 24.3 Å². The Labute approximate surface area is 174 Å². The van der Waals surface area contributed by atoms with Gasteiger partial charge in [0.05, 0.1) is 6.42 Å². The van der Waals surface area contributed by atoms with E-state index in [1.807, 2.05) is 54.6 Å². The highest BCUT2D eigenvalue weighted by Gasteiger charge is 2.07. The van der Waals surface area contributed by atoms with Gasteiger partial charge in [-0.25, -0.2) is 5.43 Å². The number of hydrogen-bond acceptors (Lipinski definition) is 5. The minimum atomic E-state index is -0.420. The maximum absolute atomic E-state index is 12.2. The molecule has 3 aromatic rings. The second kappa shape index (κ2) is 9.88. The highest BCUT2D eigenvalue weighted by molar-refractivity contribution is 6.06. The zero-order chi connectivity index (χ0) is 21.3. The molecule has 152 valence electrons. The summed E-state index contributed by atoms with van der Waals surface area (Å²) < 4.78 is 0. The Morgan fingerprint density at radius 1 is 0.833 bits per heavy atom. The molecule has 0 aliphatic carbocycles. The number of benzene rings is 3. The maximum Gasteiger partial charge on any atom is 0.271 e. The van der Waals surface area contributed by atoms with Crippen LogP contribution in [0.15, 0.2) is 84.0 Å². The molecule has 0 aliphatic heterocycles. The van der Waals surface area contributed by atoms with Gasteiger partial charge < -0.3 is 15.7 Å². The average Bonchev–Trinajstić information content (AvgIpc) is 2.74. The van der Waals surface area contributed by atoms with Gasteiger partial charge in [0.2, 0.25) is 5.91 Å². The number of hydrazone groups is 1. The number of amides is 2. The largest absolute Gasteiger partial charge is 0.508 e. The molecule has 30 heavy (non-hydrogen) atoms.